The fourth-order valence-electron chi connectivity index (χ4n) is 2.00. The molecule has 0 aromatic carbocycles. The fraction of sp³-hybridized carbons (Fsp3) is 0.571. The number of nitrogens with one attached hydrogen (secondary N) is 2. The number of nitrogens with zero attached hydrogens (tertiary/aromatic N) is 1. The quantitative estimate of drug-likeness (QED) is 0.636. The van der Waals surface area contributed by atoms with Gasteiger partial charge in [0.1, 0.15) is 0 Å². The number of aliphatic carboxylic acids is 1. The average Bonchev–Trinajstić information content (AvgIpc) is 2.38. The number of aromatic nitrogens is 2. The Labute approximate surface area is 122 Å². The number of rotatable bonds is 7. The molecule has 0 saturated heterocycles. The molecular weight excluding hydrogens is 274 g/mol. The van der Waals surface area contributed by atoms with Crippen LogP contribution in [0.1, 0.15) is 36.7 Å². The average molecular weight is 295 g/mol. The number of carbonyl (C=O) groups is 2. The van der Waals surface area contributed by atoms with E-state index in [4.69, 9.17) is 5.11 Å². The Morgan fingerprint density at radius 3 is 2.62 bits per heavy atom. The summed E-state index contributed by atoms with van der Waals surface area (Å²) in [4.78, 5) is 40.0. The van der Waals surface area contributed by atoms with Gasteiger partial charge in [-0.25, -0.2) is 4.79 Å². The minimum Gasteiger partial charge on any atom is -0.481 e. The maximum Gasteiger partial charge on any atom is 0.345 e. The highest BCUT2D eigenvalue weighted by Gasteiger charge is 2.12. The van der Waals surface area contributed by atoms with Crippen molar-refractivity contribution in [2.24, 2.45) is 5.92 Å². The monoisotopic (exact) mass is 295 g/mol. The third-order valence-electron chi connectivity index (χ3n) is 3.35. The van der Waals surface area contributed by atoms with Crippen molar-refractivity contribution in [1.82, 2.24) is 15.3 Å². The molecule has 0 aliphatic heterocycles. The number of hydrogen-bond acceptors (Lipinski definition) is 4. The van der Waals surface area contributed by atoms with Crippen LogP contribution in [0.25, 0.3) is 0 Å². The first-order chi connectivity index (χ1) is 9.81. The zero-order chi connectivity index (χ0) is 16.0. The lowest BCUT2D eigenvalue weighted by Crippen LogP contribution is -2.28. The topological polar surface area (TPSA) is 112 Å². The van der Waals surface area contributed by atoms with Crippen LogP contribution in [-0.4, -0.2) is 33.5 Å². The van der Waals surface area contributed by atoms with Crippen LogP contribution in [0.5, 0.6) is 0 Å². The molecule has 0 saturated carbocycles. The van der Waals surface area contributed by atoms with Crippen LogP contribution in [0.15, 0.2) is 4.79 Å². The van der Waals surface area contributed by atoms with E-state index in [1.807, 2.05) is 0 Å². The van der Waals surface area contributed by atoms with Gasteiger partial charge in [-0.3, -0.25) is 9.59 Å². The van der Waals surface area contributed by atoms with Gasteiger partial charge in [0.25, 0.3) is 0 Å². The summed E-state index contributed by atoms with van der Waals surface area (Å²) in [6.45, 7) is 5.50. The second-order valence-electron chi connectivity index (χ2n) is 5.14. The lowest BCUT2D eigenvalue weighted by Gasteiger charge is -2.10. The molecule has 0 fully saturated rings. The van der Waals surface area contributed by atoms with Gasteiger partial charge >= 0.3 is 11.7 Å². The molecule has 0 bridgehead atoms. The molecule has 0 radical (unpaired) electrons. The molecule has 1 amide bonds. The van der Waals surface area contributed by atoms with E-state index in [1.54, 1.807) is 20.8 Å². The van der Waals surface area contributed by atoms with Crippen LogP contribution in [0, 0.1) is 19.8 Å². The summed E-state index contributed by atoms with van der Waals surface area (Å²) in [5.74, 6) is -1.40. The number of aryl methyl sites for hydroxylation is 2. The van der Waals surface area contributed by atoms with E-state index in [2.05, 4.69) is 15.3 Å². The van der Waals surface area contributed by atoms with Crippen molar-refractivity contribution in [2.75, 3.05) is 6.54 Å². The Morgan fingerprint density at radius 2 is 2.05 bits per heavy atom. The Morgan fingerprint density at radius 1 is 1.38 bits per heavy atom. The van der Waals surface area contributed by atoms with Crippen molar-refractivity contribution in [3.63, 3.8) is 0 Å². The van der Waals surface area contributed by atoms with E-state index in [1.165, 1.54) is 0 Å². The highest BCUT2D eigenvalue weighted by Crippen LogP contribution is 2.08. The van der Waals surface area contributed by atoms with Crippen LogP contribution >= 0.6 is 0 Å². The maximum absolute atomic E-state index is 11.8. The van der Waals surface area contributed by atoms with Crippen LogP contribution in [0.4, 0.5) is 0 Å². The molecule has 1 aromatic heterocycles. The van der Waals surface area contributed by atoms with Gasteiger partial charge < -0.3 is 15.4 Å². The first-order valence-corrected chi connectivity index (χ1v) is 6.87. The van der Waals surface area contributed by atoms with Gasteiger partial charge in [-0.1, -0.05) is 6.92 Å². The second-order valence-corrected chi connectivity index (χ2v) is 5.14. The molecule has 0 aliphatic carbocycles. The molecule has 0 aliphatic rings. The van der Waals surface area contributed by atoms with Crippen molar-refractivity contribution in [3.8, 4) is 0 Å². The fourth-order valence-corrected chi connectivity index (χ4v) is 2.00. The van der Waals surface area contributed by atoms with E-state index < -0.39 is 17.6 Å². The van der Waals surface area contributed by atoms with Gasteiger partial charge in [-0.15, -0.1) is 0 Å². The van der Waals surface area contributed by atoms with Crippen molar-refractivity contribution in [1.29, 1.82) is 0 Å². The van der Waals surface area contributed by atoms with Gasteiger partial charge in [0.05, 0.1) is 12.3 Å². The van der Waals surface area contributed by atoms with Crippen LogP contribution in [-0.2, 0) is 16.0 Å². The summed E-state index contributed by atoms with van der Waals surface area (Å²) in [7, 11) is 0. The molecule has 7 nitrogen and oxygen atoms in total. The summed E-state index contributed by atoms with van der Waals surface area (Å²) in [5, 5.41) is 11.5. The Kier molecular flexibility index (Phi) is 6.08. The summed E-state index contributed by atoms with van der Waals surface area (Å²) in [6, 6.07) is 0. The van der Waals surface area contributed by atoms with E-state index in [0.29, 0.717) is 36.3 Å². The minimum atomic E-state index is -0.827. The maximum atomic E-state index is 11.8. The third-order valence-corrected chi connectivity index (χ3v) is 3.35. The molecule has 1 aromatic rings. The molecule has 1 rings (SSSR count). The number of hydrogen-bond donors (Lipinski definition) is 3. The van der Waals surface area contributed by atoms with E-state index >= 15 is 0 Å². The molecule has 21 heavy (non-hydrogen) atoms. The molecule has 7 heteroatoms. The first-order valence-electron chi connectivity index (χ1n) is 6.87. The molecule has 1 unspecified atom stereocenters. The third kappa shape index (κ3) is 5.37. The molecule has 116 valence electrons. The summed E-state index contributed by atoms with van der Waals surface area (Å²) < 4.78 is 0. The van der Waals surface area contributed by atoms with Crippen LogP contribution < -0.4 is 11.0 Å². The number of carbonyl (C=O) groups excluding carboxylic acids is 1. The van der Waals surface area contributed by atoms with Gasteiger partial charge in [-0.05, 0) is 26.7 Å². The minimum absolute atomic E-state index is 0.149. The summed E-state index contributed by atoms with van der Waals surface area (Å²) >= 11 is 0. The number of H-pyrrole nitrogens is 1. The molecule has 0 spiro atoms. The molecule has 1 atom stereocenters. The highest BCUT2D eigenvalue weighted by atomic mass is 16.4. The predicted molar refractivity (Wildman–Crippen MR) is 77.1 cm³/mol. The molecule has 3 N–H and O–H groups in total. The normalized spacial score (nSPS) is 12.0. The van der Waals surface area contributed by atoms with E-state index in [0.717, 1.165) is 0 Å². The Balaban J connectivity index is 2.45. The van der Waals surface area contributed by atoms with E-state index in [-0.39, 0.29) is 12.3 Å². The van der Waals surface area contributed by atoms with Crippen molar-refractivity contribution < 1.29 is 14.7 Å². The van der Waals surface area contributed by atoms with Crippen molar-refractivity contribution in [3.05, 3.63) is 27.4 Å². The number of carboxylic acid groups (broad SMARTS) is 1. The zero-order valence-electron chi connectivity index (χ0n) is 12.5. The number of carboxylic acids is 1. The number of amides is 1. The van der Waals surface area contributed by atoms with Gasteiger partial charge in [-0.2, -0.15) is 4.98 Å². The van der Waals surface area contributed by atoms with Crippen LogP contribution in [0.3, 0.4) is 0 Å². The van der Waals surface area contributed by atoms with Gasteiger partial charge in [0.15, 0.2) is 0 Å². The van der Waals surface area contributed by atoms with Crippen molar-refractivity contribution >= 4 is 11.9 Å². The smallest absolute Gasteiger partial charge is 0.345 e. The molecule has 1 heterocycles. The number of aromatic amines is 1. The van der Waals surface area contributed by atoms with Crippen molar-refractivity contribution in [2.45, 2.75) is 40.0 Å². The summed E-state index contributed by atoms with van der Waals surface area (Å²) in [6.07, 6.45) is 1.28. The van der Waals surface area contributed by atoms with Gasteiger partial charge in [0, 0.05) is 23.5 Å². The van der Waals surface area contributed by atoms with Crippen LogP contribution in [0.2, 0.25) is 0 Å². The lowest BCUT2D eigenvalue weighted by atomic mass is 10.1. The van der Waals surface area contributed by atoms with Gasteiger partial charge in [0.2, 0.25) is 5.91 Å². The standard InChI is InChI=1S/C14H21N3O4/c1-8(13(19)20)5-4-6-15-12(18)7-11-9(2)16-14(21)17-10(11)3/h8H,4-7H2,1-3H3,(H,15,18)(H,19,20)(H,16,17,21). The Hall–Kier alpha value is -2.18. The SMILES string of the molecule is Cc1nc(=O)[nH]c(C)c1CC(=O)NCCCC(C)C(=O)O. The zero-order valence-corrected chi connectivity index (χ0v) is 12.5. The molecular formula is C14H21N3O4. The largest absolute Gasteiger partial charge is 0.481 e. The lowest BCUT2D eigenvalue weighted by molar-refractivity contribution is -0.141. The van der Waals surface area contributed by atoms with E-state index in [9.17, 15) is 14.4 Å². The summed E-state index contributed by atoms with van der Waals surface area (Å²) in [5.41, 5.74) is 1.48. The first kappa shape index (κ1) is 16.9. The second kappa shape index (κ2) is 7.56. The highest BCUT2D eigenvalue weighted by molar-refractivity contribution is 5.79. The Bertz CT molecular complexity index is 554. The predicted octanol–water partition coefficient (Wildman–Crippen LogP) is 0.546.